The van der Waals surface area contributed by atoms with Crippen LogP contribution in [0.1, 0.15) is 29.5 Å². The van der Waals surface area contributed by atoms with Crippen LogP contribution in [0.4, 0.5) is 0 Å². The van der Waals surface area contributed by atoms with E-state index < -0.39 is 0 Å². The van der Waals surface area contributed by atoms with Crippen molar-refractivity contribution in [2.75, 3.05) is 13.1 Å². The largest absolute Gasteiger partial charge is 0.451 e. The minimum Gasteiger partial charge on any atom is -0.451 e. The lowest BCUT2D eigenvalue weighted by Gasteiger charge is -2.30. The Balaban J connectivity index is 1.60. The van der Waals surface area contributed by atoms with E-state index in [1.54, 1.807) is 23.1 Å². The molecule has 0 bridgehead atoms. The van der Waals surface area contributed by atoms with E-state index in [2.05, 4.69) is 29.0 Å². The smallest absolute Gasteiger partial charge is 0.287 e. The SMILES string of the molecule is CC1CNCCC1NC(=O)c1oc2ccccc2c1CSc1cccs1. The van der Waals surface area contributed by atoms with Crippen LogP contribution in [0.25, 0.3) is 11.0 Å². The second-order valence-electron chi connectivity index (χ2n) is 6.68. The predicted molar refractivity (Wildman–Crippen MR) is 108 cm³/mol. The van der Waals surface area contributed by atoms with E-state index in [4.69, 9.17) is 4.42 Å². The zero-order chi connectivity index (χ0) is 17.9. The van der Waals surface area contributed by atoms with Crippen LogP contribution in [0.5, 0.6) is 0 Å². The fraction of sp³-hybridized carbons (Fsp3) is 0.350. The first kappa shape index (κ1) is 17.6. The van der Waals surface area contributed by atoms with Gasteiger partial charge in [-0.2, -0.15) is 0 Å². The molecule has 4 nitrogen and oxygen atoms in total. The maximum atomic E-state index is 13.0. The van der Waals surface area contributed by atoms with Gasteiger partial charge in [0.25, 0.3) is 5.91 Å². The Hall–Kier alpha value is -1.76. The molecule has 6 heteroatoms. The summed E-state index contributed by atoms with van der Waals surface area (Å²) in [6, 6.07) is 12.2. The highest BCUT2D eigenvalue weighted by Gasteiger charge is 2.27. The fourth-order valence-corrected chi connectivity index (χ4v) is 5.19. The maximum Gasteiger partial charge on any atom is 0.287 e. The molecule has 4 rings (SSSR count). The number of carbonyl (C=O) groups excluding carboxylic acids is 1. The van der Waals surface area contributed by atoms with E-state index in [9.17, 15) is 4.79 Å². The molecule has 1 saturated heterocycles. The monoisotopic (exact) mass is 386 g/mol. The number of thioether (sulfide) groups is 1. The molecule has 1 fully saturated rings. The summed E-state index contributed by atoms with van der Waals surface area (Å²) in [5, 5.41) is 9.67. The molecule has 1 aliphatic heterocycles. The van der Waals surface area contributed by atoms with Crippen LogP contribution in [0.15, 0.2) is 50.4 Å². The van der Waals surface area contributed by atoms with Gasteiger partial charge in [-0.1, -0.05) is 31.2 Å². The summed E-state index contributed by atoms with van der Waals surface area (Å²) in [6.07, 6.45) is 0.951. The van der Waals surface area contributed by atoms with Crippen LogP contribution in [0.3, 0.4) is 0 Å². The van der Waals surface area contributed by atoms with Gasteiger partial charge >= 0.3 is 0 Å². The highest BCUT2D eigenvalue weighted by Crippen LogP contribution is 2.33. The number of hydrogen-bond donors (Lipinski definition) is 2. The van der Waals surface area contributed by atoms with Crippen molar-refractivity contribution < 1.29 is 9.21 Å². The molecule has 0 spiro atoms. The maximum absolute atomic E-state index is 13.0. The Morgan fingerprint density at radius 2 is 2.23 bits per heavy atom. The number of piperidine rings is 1. The lowest BCUT2D eigenvalue weighted by atomic mass is 9.95. The molecule has 2 atom stereocenters. The van der Waals surface area contributed by atoms with Gasteiger partial charge in [0.1, 0.15) is 5.58 Å². The molecule has 2 unspecified atom stereocenters. The zero-order valence-electron chi connectivity index (χ0n) is 14.7. The molecule has 2 N–H and O–H groups in total. The molecule has 1 aromatic carbocycles. The quantitative estimate of drug-likeness (QED) is 0.633. The second kappa shape index (κ2) is 7.86. The van der Waals surface area contributed by atoms with Crippen molar-refractivity contribution in [1.82, 2.24) is 10.6 Å². The lowest BCUT2D eigenvalue weighted by Crippen LogP contribution is -2.48. The predicted octanol–water partition coefficient (Wildman–Crippen LogP) is 4.51. The van der Waals surface area contributed by atoms with Crippen molar-refractivity contribution in [3.05, 3.63) is 53.1 Å². The Kier molecular flexibility index (Phi) is 5.33. The number of hydrogen-bond acceptors (Lipinski definition) is 5. The first-order valence-corrected chi connectivity index (χ1v) is 10.8. The van der Waals surface area contributed by atoms with E-state index in [1.807, 2.05) is 30.3 Å². The van der Waals surface area contributed by atoms with Crippen LogP contribution in [0, 0.1) is 5.92 Å². The van der Waals surface area contributed by atoms with Gasteiger partial charge in [-0.25, -0.2) is 0 Å². The molecule has 26 heavy (non-hydrogen) atoms. The summed E-state index contributed by atoms with van der Waals surface area (Å²) in [7, 11) is 0. The summed E-state index contributed by atoms with van der Waals surface area (Å²) >= 11 is 3.46. The molecule has 0 radical (unpaired) electrons. The normalized spacial score (nSPS) is 20.3. The Morgan fingerprint density at radius 3 is 3.04 bits per heavy atom. The third-order valence-electron chi connectivity index (χ3n) is 4.86. The molecular weight excluding hydrogens is 364 g/mol. The molecule has 3 heterocycles. The molecule has 0 saturated carbocycles. The van der Waals surface area contributed by atoms with Crippen LogP contribution in [-0.2, 0) is 5.75 Å². The molecule has 1 amide bonds. The number of amides is 1. The number of thiophene rings is 1. The van der Waals surface area contributed by atoms with Gasteiger partial charge in [-0.05, 0) is 42.9 Å². The minimum absolute atomic E-state index is 0.0956. The average Bonchev–Trinajstić information content (AvgIpc) is 3.29. The molecule has 1 aliphatic rings. The van der Waals surface area contributed by atoms with Gasteiger partial charge in [-0.3, -0.25) is 4.79 Å². The number of furan rings is 1. The lowest BCUT2D eigenvalue weighted by molar-refractivity contribution is 0.0887. The highest BCUT2D eigenvalue weighted by molar-refractivity contribution is 8.00. The fourth-order valence-electron chi connectivity index (χ4n) is 3.38. The third-order valence-corrected chi connectivity index (χ3v) is 7.02. The number of rotatable bonds is 5. The highest BCUT2D eigenvalue weighted by atomic mass is 32.2. The van der Waals surface area contributed by atoms with Gasteiger partial charge in [0, 0.05) is 22.7 Å². The molecule has 2 aromatic heterocycles. The Bertz CT molecular complexity index is 888. The van der Waals surface area contributed by atoms with Gasteiger partial charge in [0.15, 0.2) is 5.76 Å². The van der Waals surface area contributed by atoms with Crippen molar-refractivity contribution in [2.45, 2.75) is 29.3 Å². The van der Waals surface area contributed by atoms with Crippen LogP contribution >= 0.6 is 23.1 Å². The topological polar surface area (TPSA) is 54.3 Å². The Morgan fingerprint density at radius 1 is 1.35 bits per heavy atom. The van der Waals surface area contributed by atoms with Gasteiger partial charge in [-0.15, -0.1) is 23.1 Å². The van der Waals surface area contributed by atoms with Crippen molar-refractivity contribution in [3.63, 3.8) is 0 Å². The first-order valence-electron chi connectivity index (χ1n) is 8.90. The molecule has 0 aliphatic carbocycles. The van der Waals surface area contributed by atoms with Crippen LogP contribution in [0.2, 0.25) is 0 Å². The van der Waals surface area contributed by atoms with E-state index in [1.165, 1.54) is 4.21 Å². The van der Waals surface area contributed by atoms with Crippen molar-refractivity contribution in [2.24, 2.45) is 5.92 Å². The van der Waals surface area contributed by atoms with Gasteiger partial charge in [0.05, 0.1) is 4.21 Å². The van der Waals surface area contributed by atoms with Crippen LogP contribution in [-0.4, -0.2) is 25.0 Å². The summed E-state index contributed by atoms with van der Waals surface area (Å²) in [5.41, 5.74) is 1.76. The standard InChI is InChI=1S/C20H22N2O2S2/c1-13-11-21-9-8-16(13)22-20(23)19-15(12-26-18-7-4-10-25-18)14-5-2-3-6-17(14)24-19/h2-7,10,13,16,21H,8-9,11-12H2,1H3,(H,22,23). The summed E-state index contributed by atoms with van der Waals surface area (Å²) < 4.78 is 7.21. The summed E-state index contributed by atoms with van der Waals surface area (Å²) in [5.74, 6) is 1.51. The summed E-state index contributed by atoms with van der Waals surface area (Å²) in [4.78, 5) is 13.0. The number of carbonyl (C=O) groups is 1. The van der Waals surface area contributed by atoms with Crippen molar-refractivity contribution >= 4 is 40.0 Å². The van der Waals surface area contributed by atoms with E-state index in [0.717, 1.165) is 41.8 Å². The van der Waals surface area contributed by atoms with Crippen molar-refractivity contribution in [3.8, 4) is 0 Å². The van der Waals surface area contributed by atoms with E-state index in [0.29, 0.717) is 11.7 Å². The molecule has 3 aromatic rings. The number of benzene rings is 1. The van der Waals surface area contributed by atoms with Gasteiger partial charge in [0.2, 0.25) is 0 Å². The second-order valence-corrected chi connectivity index (χ2v) is 8.90. The van der Waals surface area contributed by atoms with Crippen LogP contribution < -0.4 is 10.6 Å². The third kappa shape index (κ3) is 3.68. The van der Waals surface area contributed by atoms with Gasteiger partial charge < -0.3 is 15.1 Å². The molecular formula is C20H22N2O2S2. The number of para-hydroxylation sites is 1. The zero-order valence-corrected chi connectivity index (χ0v) is 16.3. The Labute approximate surface area is 161 Å². The number of nitrogens with one attached hydrogen (secondary N) is 2. The number of fused-ring (bicyclic) bond motifs is 1. The molecule has 136 valence electrons. The summed E-state index contributed by atoms with van der Waals surface area (Å²) in [6.45, 7) is 4.05. The van der Waals surface area contributed by atoms with Crippen molar-refractivity contribution in [1.29, 1.82) is 0 Å². The van der Waals surface area contributed by atoms with E-state index >= 15 is 0 Å². The minimum atomic E-state index is -0.0956. The first-order chi connectivity index (χ1) is 12.7. The van der Waals surface area contributed by atoms with E-state index in [-0.39, 0.29) is 11.9 Å². The average molecular weight is 387 g/mol.